The fraction of sp³-hybridized carbons (Fsp3) is 0.182. The lowest BCUT2D eigenvalue weighted by Gasteiger charge is -2.18. The number of carbonyl (C=O) groups is 1. The van der Waals surface area contributed by atoms with E-state index in [2.05, 4.69) is 39.5 Å². The molecule has 4 heteroatoms. The molecule has 4 nitrogen and oxygen atoms in total. The summed E-state index contributed by atoms with van der Waals surface area (Å²) in [6.07, 6.45) is 2.75. The molecule has 0 fully saturated rings. The lowest BCUT2D eigenvalue weighted by Crippen LogP contribution is -2.16. The Hall–Kier alpha value is -3.14. The van der Waals surface area contributed by atoms with Crippen molar-refractivity contribution < 1.29 is 4.79 Å². The number of aryl methyl sites for hydroxylation is 2. The van der Waals surface area contributed by atoms with E-state index in [1.807, 2.05) is 44.2 Å². The van der Waals surface area contributed by atoms with Crippen molar-refractivity contribution in [3.05, 3.63) is 83.0 Å². The van der Waals surface area contributed by atoms with Gasteiger partial charge in [0.25, 0.3) is 5.91 Å². The molecule has 0 radical (unpaired) electrons. The summed E-state index contributed by atoms with van der Waals surface area (Å²) in [6.45, 7) is 4.98. The minimum absolute atomic E-state index is 0.117. The van der Waals surface area contributed by atoms with Crippen molar-refractivity contribution in [2.45, 2.75) is 20.3 Å². The quantitative estimate of drug-likeness (QED) is 0.753. The van der Waals surface area contributed by atoms with E-state index in [-0.39, 0.29) is 5.91 Å². The molecule has 2 heterocycles. The van der Waals surface area contributed by atoms with Gasteiger partial charge in [-0.3, -0.25) is 4.79 Å². The summed E-state index contributed by atoms with van der Waals surface area (Å²) >= 11 is 0. The van der Waals surface area contributed by atoms with Gasteiger partial charge in [-0.2, -0.15) is 0 Å². The van der Waals surface area contributed by atoms with Crippen molar-refractivity contribution in [3.8, 4) is 0 Å². The second-order valence-corrected chi connectivity index (χ2v) is 6.69. The van der Waals surface area contributed by atoms with E-state index < -0.39 is 0 Å². The van der Waals surface area contributed by atoms with Gasteiger partial charge in [-0.25, -0.2) is 4.98 Å². The lowest BCUT2D eigenvalue weighted by atomic mass is 10.1. The van der Waals surface area contributed by atoms with Crippen LogP contribution >= 0.6 is 0 Å². The van der Waals surface area contributed by atoms with Crippen molar-refractivity contribution >= 4 is 23.1 Å². The fourth-order valence-corrected chi connectivity index (χ4v) is 3.28. The highest BCUT2D eigenvalue weighted by Gasteiger charge is 2.20. The molecule has 130 valence electrons. The van der Waals surface area contributed by atoms with Gasteiger partial charge in [0.2, 0.25) is 0 Å². The Morgan fingerprint density at radius 3 is 2.65 bits per heavy atom. The molecule has 26 heavy (non-hydrogen) atoms. The second kappa shape index (κ2) is 6.64. The minimum Gasteiger partial charge on any atom is -0.326 e. The highest BCUT2D eigenvalue weighted by atomic mass is 16.1. The van der Waals surface area contributed by atoms with E-state index in [0.29, 0.717) is 11.3 Å². The summed E-state index contributed by atoms with van der Waals surface area (Å²) in [6, 6.07) is 18.0. The number of fused-ring (bicyclic) bond motifs is 1. The molecule has 1 N–H and O–H groups in total. The predicted molar refractivity (Wildman–Crippen MR) is 105 cm³/mol. The van der Waals surface area contributed by atoms with Gasteiger partial charge in [-0.05, 0) is 67.3 Å². The Labute approximate surface area is 153 Å². The van der Waals surface area contributed by atoms with Gasteiger partial charge >= 0.3 is 0 Å². The third-order valence-electron chi connectivity index (χ3n) is 4.94. The molecule has 0 spiro atoms. The maximum absolute atomic E-state index is 12.4. The number of para-hydroxylation sites is 1. The average molecular weight is 343 g/mol. The molecular formula is C22H21N3O. The van der Waals surface area contributed by atoms with Gasteiger partial charge < -0.3 is 10.2 Å². The number of benzene rings is 2. The maximum Gasteiger partial charge on any atom is 0.255 e. The van der Waals surface area contributed by atoms with Gasteiger partial charge in [0.1, 0.15) is 5.82 Å². The minimum atomic E-state index is -0.117. The molecule has 1 amide bonds. The van der Waals surface area contributed by atoms with Crippen LogP contribution in [0.5, 0.6) is 0 Å². The molecule has 0 bridgehead atoms. The first-order valence-electron chi connectivity index (χ1n) is 8.82. The summed E-state index contributed by atoms with van der Waals surface area (Å²) in [5, 5.41) is 2.92. The van der Waals surface area contributed by atoms with E-state index in [1.54, 1.807) is 6.20 Å². The molecule has 1 aliphatic heterocycles. The largest absolute Gasteiger partial charge is 0.326 e. The highest BCUT2D eigenvalue weighted by Crippen LogP contribution is 2.33. The van der Waals surface area contributed by atoms with Crippen molar-refractivity contribution in [3.63, 3.8) is 0 Å². The number of anilines is 3. The first-order chi connectivity index (χ1) is 12.6. The molecule has 0 unspecified atom stereocenters. The first-order valence-corrected chi connectivity index (χ1v) is 8.82. The number of nitrogens with zero attached hydrogens (tertiary/aromatic N) is 2. The van der Waals surface area contributed by atoms with Crippen molar-refractivity contribution in [2.24, 2.45) is 0 Å². The predicted octanol–water partition coefficient (Wildman–Crippen LogP) is 4.64. The summed E-state index contributed by atoms with van der Waals surface area (Å²) in [4.78, 5) is 19.2. The molecular weight excluding hydrogens is 322 g/mol. The van der Waals surface area contributed by atoms with Crippen LogP contribution in [0.4, 0.5) is 17.2 Å². The third-order valence-corrected chi connectivity index (χ3v) is 4.94. The Kier molecular flexibility index (Phi) is 4.17. The maximum atomic E-state index is 12.4. The van der Waals surface area contributed by atoms with Crippen LogP contribution in [0, 0.1) is 13.8 Å². The number of hydrogen-bond acceptors (Lipinski definition) is 3. The normalized spacial score (nSPS) is 12.8. The highest BCUT2D eigenvalue weighted by molar-refractivity contribution is 6.04. The number of pyridine rings is 1. The smallest absolute Gasteiger partial charge is 0.255 e. The van der Waals surface area contributed by atoms with Crippen LogP contribution in [0.3, 0.4) is 0 Å². The van der Waals surface area contributed by atoms with E-state index in [1.165, 1.54) is 16.8 Å². The van der Waals surface area contributed by atoms with Crippen molar-refractivity contribution in [1.82, 2.24) is 4.98 Å². The van der Waals surface area contributed by atoms with Gasteiger partial charge in [0, 0.05) is 17.8 Å². The van der Waals surface area contributed by atoms with E-state index in [9.17, 15) is 4.79 Å². The Balaban J connectivity index is 1.50. The zero-order valence-corrected chi connectivity index (χ0v) is 15.0. The summed E-state index contributed by atoms with van der Waals surface area (Å²) < 4.78 is 0. The van der Waals surface area contributed by atoms with Crippen molar-refractivity contribution in [2.75, 3.05) is 16.8 Å². The van der Waals surface area contributed by atoms with E-state index >= 15 is 0 Å². The van der Waals surface area contributed by atoms with Crippen molar-refractivity contribution in [1.29, 1.82) is 0 Å². The zero-order valence-electron chi connectivity index (χ0n) is 15.0. The number of carbonyl (C=O) groups excluding carboxylic acids is 1. The number of hydrogen-bond donors (Lipinski definition) is 1. The Morgan fingerprint density at radius 2 is 1.88 bits per heavy atom. The monoisotopic (exact) mass is 343 g/mol. The van der Waals surface area contributed by atoms with Gasteiger partial charge in [0.15, 0.2) is 0 Å². The number of nitrogens with one attached hydrogen (secondary N) is 1. The molecule has 2 aromatic carbocycles. The molecule has 0 saturated carbocycles. The van der Waals surface area contributed by atoms with Crippen LogP contribution in [-0.4, -0.2) is 17.4 Å². The summed E-state index contributed by atoms with van der Waals surface area (Å²) in [7, 11) is 0. The molecule has 0 aliphatic carbocycles. The second-order valence-electron chi connectivity index (χ2n) is 6.69. The molecule has 3 aromatic rings. The zero-order chi connectivity index (χ0) is 18.1. The van der Waals surface area contributed by atoms with Crippen LogP contribution in [0.15, 0.2) is 60.8 Å². The van der Waals surface area contributed by atoms with Crippen LogP contribution in [0.2, 0.25) is 0 Å². The number of rotatable bonds is 3. The number of amides is 1. The molecule has 1 aliphatic rings. The molecule has 4 rings (SSSR count). The fourth-order valence-electron chi connectivity index (χ4n) is 3.28. The molecule has 0 atom stereocenters. The molecule has 0 saturated heterocycles. The Bertz CT molecular complexity index is 963. The summed E-state index contributed by atoms with van der Waals surface area (Å²) in [5.74, 6) is 0.785. The topological polar surface area (TPSA) is 45.2 Å². The SMILES string of the molecule is Cc1ccc(C(=O)Nc2ccc(N3CCc4ccccc43)nc2)cc1C. The van der Waals surface area contributed by atoms with Crippen LogP contribution in [0.1, 0.15) is 27.0 Å². The standard InChI is InChI=1S/C22H21N3O/c1-15-7-8-18(13-16(15)2)22(26)24-19-9-10-21(23-14-19)25-12-11-17-5-3-4-6-20(17)25/h3-10,13-14H,11-12H2,1-2H3,(H,24,26). The van der Waals surface area contributed by atoms with E-state index in [0.717, 1.165) is 24.3 Å². The summed E-state index contributed by atoms with van der Waals surface area (Å²) in [5.41, 5.74) is 6.21. The van der Waals surface area contributed by atoms with Gasteiger partial charge in [-0.1, -0.05) is 24.3 Å². The lowest BCUT2D eigenvalue weighted by molar-refractivity contribution is 0.102. The first kappa shape index (κ1) is 16.3. The van der Waals surface area contributed by atoms with Gasteiger partial charge in [-0.15, -0.1) is 0 Å². The number of aromatic nitrogens is 1. The van der Waals surface area contributed by atoms with Crippen LogP contribution in [0.25, 0.3) is 0 Å². The van der Waals surface area contributed by atoms with Crippen LogP contribution in [-0.2, 0) is 6.42 Å². The van der Waals surface area contributed by atoms with Crippen LogP contribution < -0.4 is 10.2 Å². The van der Waals surface area contributed by atoms with Gasteiger partial charge in [0.05, 0.1) is 11.9 Å². The Morgan fingerprint density at radius 1 is 1.04 bits per heavy atom. The average Bonchev–Trinajstić information content (AvgIpc) is 3.09. The molecule has 1 aromatic heterocycles. The van der Waals surface area contributed by atoms with E-state index in [4.69, 9.17) is 0 Å². The third kappa shape index (κ3) is 3.06.